The Kier molecular flexibility index (Phi) is 3.99. The number of rotatable bonds is 4. The molecule has 0 aliphatic carbocycles. The molecule has 0 aliphatic rings. The molecule has 6 heteroatoms. The lowest BCUT2D eigenvalue weighted by Crippen LogP contribution is -2.02. The first-order valence-corrected chi connectivity index (χ1v) is 6.35. The molecule has 0 unspecified atom stereocenters. The lowest BCUT2D eigenvalue weighted by atomic mass is 10.2. The second kappa shape index (κ2) is 5.70. The number of nitriles is 1. The van der Waals surface area contributed by atoms with Crippen LogP contribution in [0.15, 0.2) is 10.6 Å². The number of aromatic nitrogens is 3. The highest BCUT2D eigenvalue weighted by molar-refractivity contribution is 5.46. The maximum Gasteiger partial charge on any atom is 0.229 e. The van der Waals surface area contributed by atoms with Gasteiger partial charge in [0.15, 0.2) is 6.61 Å². The molecule has 104 valence electrons. The van der Waals surface area contributed by atoms with Gasteiger partial charge in [-0.1, -0.05) is 19.0 Å². The number of hydrogen-bond acceptors (Lipinski definition) is 6. The van der Waals surface area contributed by atoms with Crippen LogP contribution in [0.2, 0.25) is 0 Å². The molecule has 0 spiro atoms. The third-order valence-corrected chi connectivity index (χ3v) is 2.74. The average molecular weight is 272 g/mol. The van der Waals surface area contributed by atoms with Gasteiger partial charge in [0.1, 0.15) is 17.4 Å². The van der Waals surface area contributed by atoms with Crippen LogP contribution >= 0.6 is 0 Å². The normalized spacial score (nSPS) is 10.6. The largest absolute Gasteiger partial charge is 0.484 e. The smallest absolute Gasteiger partial charge is 0.229 e. The highest BCUT2D eigenvalue weighted by Gasteiger charge is 2.13. The van der Waals surface area contributed by atoms with Crippen LogP contribution in [0.1, 0.15) is 48.4 Å². The van der Waals surface area contributed by atoms with Gasteiger partial charge in [-0.3, -0.25) is 4.98 Å². The van der Waals surface area contributed by atoms with E-state index in [2.05, 4.69) is 21.2 Å². The first-order valence-electron chi connectivity index (χ1n) is 6.35. The van der Waals surface area contributed by atoms with E-state index in [1.807, 2.05) is 20.8 Å². The van der Waals surface area contributed by atoms with Gasteiger partial charge in [0.25, 0.3) is 0 Å². The first-order chi connectivity index (χ1) is 9.51. The Hall–Kier alpha value is -2.42. The van der Waals surface area contributed by atoms with E-state index >= 15 is 0 Å². The predicted octanol–water partition coefficient (Wildman–Crippen LogP) is 2.66. The fourth-order valence-electron chi connectivity index (χ4n) is 1.75. The number of hydrogen-bond donors (Lipinski definition) is 0. The van der Waals surface area contributed by atoms with Crippen LogP contribution in [0, 0.1) is 25.2 Å². The van der Waals surface area contributed by atoms with E-state index in [0.717, 1.165) is 5.69 Å². The Balaban J connectivity index is 2.16. The molecule has 2 aromatic heterocycles. The Morgan fingerprint density at radius 3 is 2.70 bits per heavy atom. The zero-order valence-corrected chi connectivity index (χ0v) is 12.0. The molecule has 0 aliphatic heterocycles. The highest BCUT2D eigenvalue weighted by atomic mass is 16.5. The third-order valence-electron chi connectivity index (χ3n) is 2.74. The highest BCUT2D eigenvalue weighted by Crippen LogP contribution is 2.22. The minimum Gasteiger partial charge on any atom is -0.484 e. The van der Waals surface area contributed by atoms with Crippen molar-refractivity contribution in [1.82, 2.24) is 15.1 Å². The third kappa shape index (κ3) is 2.94. The molecule has 0 aromatic carbocycles. The fourth-order valence-corrected chi connectivity index (χ4v) is 1.75. The Labute approximate surface area is 117 Å². The zero-order valence-electron chi connectivity index (χ0n) is 12.0. The van der Waals surface area contributed by atoms with Gasteiger partial charge < -0.3 is 9.26 Å². The fraction of sp³-hybridized carbons (Fsp3) is 0.429. The van der Waals surface area contributed by atoms with Crippen molar-refractivity contribution >= 4 is 0 Å². The summed E-state index contributed by atoms with van der Waals surface area (Å²) in [5.74, 6) is 1.71. The SMILES string of the molecule is Cc1cc(OCc2noc(C(C)C)n2)c(C#N)c(C)n1. The second-order valence-electron chi connectivity index (χ2n) is 4.83. The summed E-state index contributed by atoms with van der Waals surface area (Å²) in [6, 6.07) is 3.83. The van der Waals surface area contributed by atoms with Crippen molar-refractivity contribution in [1.29, 1.82) is 5.26 Å². The van der Waals surface area contributed by atoms with Gasteiger partial charge in [0, 0.05) is 17.7 Å². The van der Waals surface area contributed by atoms with E-state index in [4.69, 9.17) is 14.5 Å². The van der Waals surface area contributed by atoms with Crippen LogP contribution in [0.3, 0.4) is 0 Å². The molecule has 20 heavy (non-hydrogen) atoms. The van der Waals surface area contributed by atoms with E-state index in [-0.39, 0.29) is 12.5 Å². The van der Waals surface area contributed by atoms with E-state index in [0.29, 0.717) is 28.7 Å². The van der Waals surface area contributed by atoms with Gasteiger partial charge in [-0.2, -0.15) is 10.2 Å². The van der Waals surface area contributed by atoms with Crippen molar-refractivity contribution < 1.29 is 9.26 Å². The summed E-state index contributed by atoms with van der Waals surface area (Å²) in [6.07, 6.45) is 0. The van der Waals surface area contributed by atoms with Gasteiger partial charge in [0.2, 0.25) is 11.7 Å². The van der Waals surface area contributed by atoms with E-state index in [1.54, 1.807) is 13.0 Å². The van der Waals surface area contributed by atoms with Crippen molar-refractivity contribution in [2.24, 2.45) is 0 Å². The van der Waals surface area contributed by atoms with Crippen LogP contribution in [0.25, 0.3) is 0 Å². The molecule has 2 heterocycles. The van der Waals surface area contributed by atoms with Crippen LogP contribution < -0.4 is 4.74 Å². The van der Waals surface area contributed by atoms with Crippen LogP contribution in [0.4, 0.5) is 0 Å². The monoisotopic (exact) mass is 272 g/mol. The lowest BCUT2D eigenvalue weighted by Gasteiger charge is -2.08. The van der Waals surface area contributed by atoms with Crippen molar-refractivity contribution in [2.45, 2.75) is 40.2 Å². The summed E-state index contributed by atoms with van der Waals surface area (Å²) in [4.78, 5) is 8.46. The van der Waals surface area contributed by atoms with Gasteiger partial charge in [-0.15, -0.1) is 0 Å². The van der Waals surface area contributed by atoms with Crippen LogP contribution in [-0.2, 0) is 6.61 Å². The lowest BCUT2D eigenvalue weighted by molar-refractivity contribution is 0.283. The van der Waals surface area contributed by atoms with E-state index < -0.39 is 0 Å². The molecule has 6 nitrogen and oxygen atoms in total. The number of nitrogens with zero attached hydrogens (tertiary/aromatic N) is 4. The molecule has 0 radical (unpaired) electrons. The molecule has 2 aromatic rings. The minimum absolute atomic E-state index is 0.161. The summed E-state index contributed by atoms with van der Waals surface area (Å²) in [7, 11) is 0. The van der Waals surface area contributed by atoms with Crippen molar-refractivity contribution in [3.05, 3.63) is 34.7 Å². The molecule has 0 saturated carbocycles. The minimum atomic E-state index is 0.161. The Morgan fingerprint density at radius 1 is 1.35 bits per heavy atom. The second-order valence-corrected chi connectivity index (χ2v) is 4.83. The molecular weight excluding hydrogens is 256 g/mol. The number of ether oxygens (including phenoxy) is 1. The van der Waals surface area contributed by atoms with E-state index in [9.17, 15) is 0 Å². The molecule has 2 rings (SSSR count). The first kappa shape index (κ1) is 14.0. The topological polar surface area (TPSA) is 84.8 Å². The molecule has 0 bridgehead atoms. The van der Waals surface area contributed by atoms with Crippen molar-refractivity contribution in [3.63, 3.8) is 0 Å². The number of pyridine rings is 1. The van der Waals surface area contributed by atoms with Crippen molar-refractivity contribution in [2.75, 3.05) is 0 Å². The maximum atomic E-state index is 9.14. The molecule has 0 amide bonds. The molecule has 0 atom stereocenters. The van der Waals surface area contributed by atoms with E-state index in [1.165, 1.54) is 0 Å². The summed E-state index contributed by atoms with van der Waals surface area (Å²) < 4.78 is 10.7. The summed E-state index contributed by atoms with van der Waals surface area (Å²) in [5.41, 5.74) is 1.88. The van der Waals surface area contributed by atoms with Crippen LogP contribution in [0.5, 0.6) is 5.75 Å². The quantitative estimate of drug-likeness (QED) is 0.850. The maximum absolute atomic E-state index is 9.14. The van der Waals surface area contributed by atoms with Gasteiger partial charge in [-0.25, -0.2) is 0 Å². The summed E-state index contributed by atoms with van der Waals surface area (Å²) in [5, 5.41) is 13.0. The zero-order chi connectivity index (χ0) is 14.7. The Bertz CT molecular complexity index is 656. The predicted molar refractivity (Wildman–Crippen MR) is 71.1 cm³/mol. The van der Waals surface area contributed by atoms with Gasteiger partial charge >= 0.3 is 0 Å². The average Bonchev–Trinajstić information content (AvgIpc) is 2.84. The van der Waals surface area contributed by atoms with Gasteiger partial charge in [-0.05, 0) is 13.8 Å². The molecule has 0 fully saturated rings. The summed E-state index contributed by atoms with van der Waals surface area (Å²) >= 11 is 0. The standard InChI is InChI=1S/C14H16N4O2/c1-8(2)14-17-13(18-20-14)7-19-12-5-9(3)16-10(4)11(12)6-15/h5,8H,7H2,1-4H3. The Morgan fingerprint density at radius 2 is 2.10 bits per heavy atom. The number of aryl methyl sites for hydroxylation is 2. The van der Waals surface area contributed by atoms with Crippen LogP contribution in [-0.4, -0.2) is 15.1 Å². The summed E-state index contributed by atoms with van der Waals surface area (Å²) in [6.45, 7) is 7.74. The van der Waals surface area contributed by atoms with Gasteiger partial charge in [0.05, 0.1) is 5.69 Å². The van der Waals surface area contributed by atoms with Crippen molar-refractivity contribution in [3.8, 4) is 11.8 Å². The molecule has 0 saturated heterocycles. The molecular formula is C14H16N4O2. The molecule has 0 N–H and O–H groups in total.